The van der Waals surface area contributed by atoms with E-state index in [2.05, 4.69) is 5.10 Å². The molecule has 154 valence electrons. The van der Waals surface area contributed by atoms with Crippen LogP contribution in [0.25, 0.3) is 10.9 Å². The third kappa shape index (κ3) is 4.22. The van der Waals surface area contributed by atoms with Gasteiger partial charge in [-0.25, -0.2) is 9.00 Å². The van der Waals surface area contributed by atoms with Crippen LogP contribution in [0.15, 0.2) is 47.4 Å². The summed E-state index contributed by atoms with van der Waals surface area (Å²) in [7, 11) is -1.73. The van der Waals surface area contributed by atoms with E-state index in [1.165, 1.54) is 37.0 Å². The van der Waals surface area contributed by atoms with E-state index in [0.29, 0.717) is 16.0 Å². The zero-order valence-electron chi connectivity index (χ0n) is 16.8. The summed E-state index contributed by atoms with van der Waals surface area (Å²) in [5, 5.41) is 4.85. The van der Waals surface area contributed by atoms with Crippen molar-refractivity contribution in [1.82, 2.24) is 9.19 Å². The second-order valence-corrected chi connectivity index (χ2v) is 9.14. The minimum atomic E-state index is -3.85. The number of fused-ring (bicyclic) bond motifs is 1. The Kier molecular flexibility index (Phi) is 5.34. The number of hydrogen-bond acceptors (Lipinski definition) is 4. The summed E-state index contributed by atoms with van der Waals surface area (Å²) < 4.78 is 48.5. The van der Waals surface area contributed by atoms with Gasteiger partial charge in [0.1, 0.15) is 5.60 Å². The molecule has 3 rings (SSSR count). The number of nitrogens with zero attached hydrogens (tertiary/aromatic N) is 2. The lowest BCUT2D eigenvalue weighted by Gasteiger charge is -2.23. The highest BCUT2D eigenvalue weighted by Gasteiger charge is 2.44. The standard InChI is InChI=1S/C21H22F2N2O3S/c1-13-6-9-16(10-7-13)29(27)25-18-12-15(8-11-17(18)14(2)24-25)21(22,23)19(26)28-20(3,4)5/h6-12H,1-5H3. The summed E-state index contributed by atoms with van der Waals surface area (Å²) in [6.45, 7) is 8.18. The maximum absolute atomic E-state index is 14.7. The van der Waals surface area contributed by atoms with Gasteiger partial charge in [0.25, 0.3) is 0 Å². The summed E-state index contributed by atoms with van der Waals surface area (Å²) in [6, 6.07) is 10.8. The smallest absolute Gasteiger partial charge is 0.382 e. The van der Waals surface area contributed by atoms with Crippen molar-refractivity contribution >= 4 is 27.9 Å². The number of rotatable bonds is 4. The van der Waals surface area contributed by atoms with E-state index >= 15 is 0 Å². The maximum Gasteiger partial charge on any atom is 0.382 e. The van der Waals surface area contributed by atoms with E-state index in [-0.39, 0.29) is 5.52 Å². The molecule has 2 aromatic carbocycles. The first-order valence-corrected chi connectivity index (χ1v) is 10.1. The predicted molar refractivity (Wildman–Crippen MR) is 107 cm³/mol. The molecule has 0 bridgehead atoms. The Morgan fingerprint density at radius 2 is 1.69 bits per heavy atom. The van der Waals surface area contributed by atoms with Crippen molar-refractivity contribution in [3.63, 3.8) is 0 Å². The van der Waals surface area contributed by atoms with Crippen LogP contribution in [0.5, 0.6) is 0 Å². The fraction of sp³-hybridized carbons (Fsp3) is 0.333. The number of carbonyl (C=O) groups is 1. The summed E-state index contributed by atoms with van der Waals surface area (Å²) in [6.07, 6.45) is 0. The van der Waals surface area contributed by atoms with Crippen LogP contribution in [0, 0.1) is 13.8 Å². The van der Waals surface area contributed by atoms with Crippen molar-refractivity contribution in [2.24, 2.45) is 0 Å². The van der Waals surface area contributed by atoms with Crippen LogP contribution in [0.2, 0.25) is 0 Å². The molecular weight excluding hydrogens is 398 g/mol. The number of aromatic nitrogens is 2. The van der Waals surface area contributed by atoms with Crippen molar-refractivity contribution < 1.29 is 22.5 Å². The molecule has 1 heterocycles. The number of ether oxygens (including phenoxy) is 1. The SMILES string of the molecule is Cc1ccc(S(=O)n2nc(C)c3ccc(C(F)(F)C(=O)OC(C)(C)C)cc32)cc1. The molecule has 0 aliphatic carbocycles. The lowest BCUT2D eigenvalue weighted by molar-refractivity contribution is -0.185. The van der Waals surface area contributed by atoms with E-state index in [4.69, 9.17) is 4.74 Å². The third-order valence-corrected chi connectivity index (χ3v) is 5.50. The molecule has 1 atom stereocenters. The van der Waals surface area contributed by atoms with E-state index < -0.39 is 34.0 Å². The van der Waals surface area contributed by atoms with E-state index in [1.54, 1.807) is 19.1 Å². The van der Waals surface area contributed by atoms with Gasteiger partial charge in [-0.1, -0.05) is 29.8 Å². The number of aryl methyl sites for hydroxylation is 2. The van der Waals surface area contributed by atoms with Gasteiger partial charge >= 0.3 is 11.9 Å². The molecule has 0 N–H and O–H groups in total. The number of hydrogen-bond donors (Lipinski definition) is 0. The first-order valence-electron chi connectivity index (χ1n) is 9.00. The number of alkyl halides is 2. The zero-order valence-corrected chi connectivity index (χ0v) is 17.6. The Morgan fingerprint density at radius 3 is 2.28 bits per heavy atom. The molecule has 0 saturated heterocycles. The maximum atomic E-state index is 14.7. The fourth-order valence-electron chi connectivity index (χ4n) is 2.78. The summed E-state index contributed by atoms with van der Waals surface area (Å²) in [5.74, 6) is -5.48. The monoisotopic (exact) mass is 420 g/mol. The molecule has 1 unspecified atom stereocenters. The van der Waals surface area contributed by atoms with Gasteiger partial charge in [-0.3, -0.25) is 0 Å². The van der Waals surface area contributed by atoms with Crippen LogP contribution >= 0.6 is 0 Å². The van der Waals surface area contributed by atoms with Gasteiger partial charge in [0, 0.05) is 10.9 Å². The van der Waals surface area contributed by atoms with Crippen LogP contribution in [-0.2, 0) is 26.4 Å². The molecule has 29 heavy (non-hydrogen) atoms. The molecule has 0 fully saturated rings. The Balaban J connectivity index is 2.07. The van der Waals surface area contributed by atoms with Gasteiger partial charge < -0.3 is 4.74 Å². The minimum absolute atomic E-state index is 0.252. The van der Waals surface area contributed by atoms with Crippen molar-refractivity contribution in [3.8, 4) is 0 Å². The molecule has 8 heteroatoms. The Bertz CT molecular complexity index is 1100. The first-order chi connectivity index (χ1) is 13.4. The first kappa shape index (κ1) is 21.1. The Morgan fingerprint density at radius 1 is 1.07 bits per heavy atom. The summed E-state index contributed by atoms with van der Waals surface area (Å²) in [4.78, 5) is 12.5. The lowest BCUT2D eigenvalue weighted by Crippen LogP contribution is -2.34. The largest absolute Gasteiger partial charge is 0.455 e. The molecule has 0 radical (unpaired) electrons. The molecule has 5 nitrogen and oxygen atoms in total. The van der Waals surface area contributed by atoms with Crippen LogP contribution in [0.3, 0.4) is 0 Å². The number of esters is 1. The van der Waals surface area contributed by atoms with Crippen molar-refractivity contribution in [2.45, 2.75) is 51.0 Å². The van der Waals surface area contributed by atoms with Crippen LogP contribution < -0.4 is 0 Å². The number of benzene rings is 2. The molecule has 0 amide bonds. The molecule has 1 aromatic heterocycles. The van der Waals surface area contributed by atoms with Gasteiger partial charge in [-0.15, -0.1) is 0 Å². The second-order valence-electron chi connectivity index (χ2n) is 7.83. The van der Waals surface area contributed by atoms with Crippen LogP contribution in [0.1, 0.15) is 37.6 Å². The second kappa shape index (κ2) is 7.33. The minimum Gasteiger partial charge on any atom is -0.455 e. The number of halogens is 2. The molecule has 0 aliphatic rings. The highest BCUT2D eigenvalue weighted by molar-refractivity contribution is 7.83. The topological polar surface area (TPSA) is 61.2 Å². The molecule has 3 aromatic rings. The van der Waals surface area contributed by atoms with E-state index in [1.807, 2.05) is 19.1 Å². The van der Waals surface area contributed by atoms with Gasteiger partial charge in [0.15, 0.2) is 11.0 Å². The molecular formula is C21H22F2N2O3S. The highest BCUT2D eigenvalue weighted by atomic mass is 32.2. The summed E-state index contributed by atoms with van der Waals surface area (Å²) in [5.41, 5.74) is 0.221. The quantitative estimate of drug-likeness (QED) is 0.576. The molecule has 0 aliphatic heterocycles. The lowest BCUT2D eigenvalue weighted by atomic mass is 10.1. The molecule has 0 saturated carbocycles. The van der Waals surface area contributed by atoms with Gasteiger partial charge in [0.05, 0.1) is 16.1 Å². The van der Waals surface area contributed by atoms with Gasteiger partial charge in [-0.2, -0.15) is 18.0 Å². The van der Waals surface area contributed by atoms with E-state index in [0.717, 1.165) is 11.6 Å². The van der Waals surface area contributed by atoms with Crippen molar-refractivity contribution in [2.75, 3.05) is 0 Å². The van der Waals surface area contributed by atoms with Gasteiger partial charge in [0.2, 0.25) is 0 Å². The van der Waals surface area contributed by atoms with Crippen molar-refractivity contribution in [3.05, 3.63) is 59.3 Å². The predicted octanol–water partition coefficient (Wildman–Crippen LogP) is 4.66. The molecule has 0 spiro atoms. The zero-order chi connectivity index (χ0) is 21.6. The Hall–Kier alpha value is -2.61. The average molecular weight is 420 g/mol. The number of carbonyl (C=O) groups excluding carboxylic acids is 1. The third-order valence-electron chi connectivity index (χ3n) is 4.23. The Labute approximate surface area is 170 Å². The van der Waals surface area contributed by atoms with E-state index in [9.17, 15) is 17.8 Å². The average Bonchev–Trinajstić information content (AvgIpc) is 2.96. The van der Waals surface area contributed by atoms with Crippen LogP contribution in [0.4, 0.5) is 8.78 Å². The van der Waals surface area contributed by atoms with Crippen molar-refractivity contribution in [1.29, 1.82) is 0 Å². The fourth-order valence-corrected chi connectivity index (χ4v) is 3.87. The van der Waals surface area contributed by atoms with Crippen LogP contribution in [-0.4, -0.2) is 25.0 Å². The summed E-state index contributed by atoms with van der Waals surface area (Å²) >= 11 is 0. The van der Waals surface area contributed by atoms with Gasteiger partial charge in [-0.05, 0) is 52.8 Å². The highest BCUT2D eigenvalue weighted by Crippen LogP contribution is 2.34. The normalized spacial score (nSPS) is 13.5.